The predicted octanol–water partition coefficient (Wildman–Crippen LogP) is 0.861. The lowest BCUT2D eigenvalue weighted by molar-refractivity contribution is -0.123. The molecule has 0 saturated carbocycles. The molecule has 0 bridgehead atoms. The van der Waals surface area contributed by atoms with Crippen molar-refractivity contribution in [3.8, 4) is 0 Å². The predicted molar refractivity (Wildman–Crippen MR) is 81.2 cm³/mol. The highest BCUT2D eigenvalue weighted by Crippen LogP contribution is 2.27. The number of piperidine rings is 1. The monoisotopic (exact) mass is 288 g/mol. The summed E-state index contributed by atoms with van der Waals surface area (Å²) < 4.78 is 0. The van der Waals surface area contributed by atoms with Crippen molar-refractivity contribution in [2.45, 2.75) is 12.8 Å². The van der Waals surface area contributed by atoms with E-state index in [9.17, 15) is 9.59 Å². The summed E-state index contributed by atoms with van der Waals surface area (Å²) in [6.07, 6.45) is 1.60. The third kappa shape index (κ3) is 2.79. The SMILES string of the molecule is NC(=O)C1CCCN(C(=O)c2ccc3c(c2)NCCN3)C1. The number of rotatable bonds is 2. The van der Waals surface area contributed by atoms with E-state index in [2.05, 4.69) is 10.6 Å². The van der Waals surface area contributed by atoms with Gasteiger partial charge in [0.05, 0.1) is 17.3 Å². The number of amides is 2. The smallest absolute Gasteiger partial charge is 0.253 e. The van der Waals surface area contributed by atoms with Gasteiger partial charge in [-0.1, -0.05) is 0 Å². The van der Waals surface area contributed by atoms with E-state index in [4.69, 9.17) is 5.73 Å². The summed E-state index contributed by atoms with van der Waals surface area (Å²) in [7, 11) is 0. The second kappa shape index (κ2) is 5.63. The minimum absolute atomic E-state index is 0.0314. The van der Waals surface area contributed by atoms with E-state index in [0.29, 0.717) is 18.7 Å². The normalized spacial score (nSPS) is 21.0. The standard InChI is InChI=1S/C15H20N4O2/c16-14(20)11-2-1-7-19(9-11)15(21)10-3-4-12-13(8-10)18-6-5-17-12/h3-4,8,11,17-18H,1-2,5-7,9H2,(H2,16,20). The first kappa shape index (κ1) is 13.7. The molecule has 6 nitrogen and oxygen atoms in total. The molecule has 0 aromatic heterocycles. The minimum Gasteiger partial charge on any atom is -0.382 e. The Bertz CT molecular complexity index is 573. The largest absolute Gasteiger partial charge is 0.382 e. The van der Waals surface area contributed by atoms with Crippen LogP contribution < -0.4 is 16.4 Å². The molecule has 2 amide bonds. The van der Waals surface area contributed by atoms with Crippen LogP contribution >= 0.6 is 0 Å². The fraction of sp³-hybridized carbons (Fsp3) is 0.467. The van der Waals surface area contributed by atoms with Crippen molar-refractivity contribution in [2.75, 3.05) is 36.8 Å². The number of hydrogen-bond donors (Lipinski definition) is 3. The Morgan fingerprint density at radius 2 is 1.95 bits per heavy atom. The molecule has 1 atom stereocenters. The number of anilines is 2. The molecule has 0 spiro atoms. The van der Waals surface area contributed by atoms with Gasteiger partial charge in [-0.05, 0) is 31.0 Å². The first-order chi connectivity index (χ1) is 10.1. The van der Waals surface area contributed by atoms with Gasteiger partial charge in [-0.2, -0.15) is 0 Å². The van der Waals surface area contributed by atoms with Gasteiger partial charge >= 0.3 is 0 Å². The molecule has 2 aliphatic heterocycles. The van der Waals surface area contributed by atoms with Gasteiger partial charge in [-0.25, -0.2) is 0 Å². The molecule has 1 saturated heterocycles. The molecule has 2 aliphatic rings. The van der Waals surface area contributed by atoms with Gasteiger partial charge in [-0.3, -0.25) is 9.59 Å². The molecule has 6 heteroatoms. The summed E-state index contributed by atoms with van der Waals surface area (Å²) in [6, 6.07) is 5.62. The fourth-order valence-electron chi connectivity index (χ4n) is 2.95. The zero-order chi connectivity index (χ0) is 14.8. The second-order valence-electron chi connectivity index (χ2n) is 5.61. The van der Waals surface area contributed by atoms with Crippen LogP contribution in [0.4, 0.5) is 11.4 Å². The van der Waals surface area contributed by atoms with Crippen molar-refractivity contribution in [3.63, 3.8) is 0 Å². The molecule has 1 unspecified atom stereocenters. The molecule has 4 N–H and O–H groups in total. The van der Waals surface area contributed by atoms with E-state index < -0.39 is 0 Å². The van der Waals surface area contributed by atoms with Gasteiger partial charge < -0.3 is 21.3 Å². The highest BCUT2D eigenvalue weighted by Gasteiger charge is 2.27. The van der Waals surface area contributed by atoms with Crippen LogP contribution in [0.15, 0.2) is 18.2 Å². The van der Waals surface area contributed by atoms with Crippen molar-refractivity contribution in [1.82, 2.24) is 4.90 Å². The second-order valence-corrected chi connectivity index (χ2v) is 5.61. The fourth-order valence-corrected chi connectivity index (χ4v) is 2.95. The molecule has 3 rings (SSSR count). The molecule has 1 aromatic rings. The molecule has 112 valence electrons. The number of nitrogens with one attached hydrogen (secondary N) is 2. The van der Waals surface area contributed by atoms with Crippen molar-refractivity contribution in [3.05, 3.63) is 23.8 Å². The van der Waals surface area contributed by atoms with Crippen molar-refractivity contribution >= 4 is 23.2 Å². The zero-order valence-corrected chi connectivity index (χ0v) is 11.9. The Balaban J connectivity index is 1.77. The number of hydrogen-bond acceptors (Lipinski definition) is 4. The summed E-state index contributed by atoms with van der Waals surface area (Å²) >= 11 is 0. The number of nitrogens with zero attached hydrogens (tertiary/aromatic N) is 1. The number of likely N-dealkylation sites (tertiary alicyclic amines) is 1. The highest BCUT2D eigenvalue weighted by atomic mass is 16.2. The molecule has 0 radical (unpaired) electrons. The molecule has 21 heavy (non-hydrogen) atoms. The molecule has 2 heterocycles. The average molecular weight is 288 g/mol. The van der Waals surface area contributed by atoms with Crippen LogP contribution in [0, 0.1) is 5.92 Å². The summed E-state index contributed by atoms with van der Waals surface area (Å²) in [5, 5.41) is 6.56. The molecular formula is C15H20N4O2. The average Bonchev–Trinajstić information content (AvgIpc) is 2.53. The van der Waals surface area contributed by atoms with Gasteiger partial charge in [0.15, 0.2) is 0 Å². The molecular weight excluding hydrogens is 268 g/mol. The van der Waals surface area contributed by atoms with Crippen molar-refractivity contribution in [2.24, 2.45) is 11.7 Å². The lowest BCUT2D eigenvalue weighted by Gasteiger charge is -2.31. The van der Waals surface area contributed by atoms with Crippen LogP contribution in [0.5, 0.6) is 0 Å². The molecule has 1 aromatic carbocycles. The van der Waals surface area contributed by atoms with Gasteiger partial charge in [0, 0.05) is 31.7 Å². The van der Waals surface area contributed by atoms with Gasteiger partial charge in [-0.15, -0.1) is 0 Å². The number of benzene rings is 1. The maximum Gasteiger partial charge on any atom is 0.253 e. The topological polar surface area (TPSA) is 87.5 Å². The first-order valence-corrected chi connectivity index (χ1v) is 7.35. The number of primary amides is 1. The van der Waals surface area contributed by atoms with Gasteiger partial charge in [0.25, 0.3) is 5.91 Å². The third-order valence-corrected chi connectivity index (χ3v) is 4.13. The van der Waals surface area contributed by atoms with Crippen LogP contribution in [-0.2, 0) is 4.79 Å². The zero-order valence-electron chi connectivity index (χ0n) is 11.9. The van der Waals surface area contributed by atoms with Crippen LogP contribution in [0.3, 0.4) is 0 Å². The Hall–Kier alpha value is -2.24. The quantitative estimate of drug-likeness (QED) is 0.753. The van der Waals surface area contributed by atoms with Gasteiger partial charge in [0.2, 0.25) is 5.91 Å². The van der Waals surface area contributed by atoms with Crippen LogP contribution in [-0.4, -0.2) is 42.9 Å². The lowest BCUT2D eigenvalue weighted by atomic mass is 9.97. The number of carbonyl (C=O) groups excluding carboxylic acids is 2. The summed E-state index contributed by atoms with van der Waals surface area (Å²) in [5.74, 6) is -0.569. The Morgan fingerprint density at radius 1 is 1.19 bits per heavy atom. The maximum atomic E-state index is 12.6. The highest BCUT2D eigenvalue weighted by molar-refractivity contribution is 5.97. The van der Waals surface area contributed by atoms with Crippen LogP contribution in [0.1, 0.15) is 23.2 Å². The number of fused-ring (bicyclic) bond motifs is 1. The first-order valence-electron chi connectivity index (χ1n) is 7.35. The third-order valence-electron chi connectivity index (χ3n) is 4.13. The van der Waals surface area contributed by atoms with Gasteiger partial charge in [0.1, 0.15) is 0 Å². The van der Waals surface area contributed by atoms with Crippen molar-refractivity contribution in [1.29, 1.82) is 0 Å². The summed E-state index contributed by atoms with van der Waals surface area (Å²) in [5.41, 5.74) is 7.99. The van der Waals surface area contributed by atoms with Crippen LogP contribution in [0.25, 0.3) is 0 Å². The van der Waals surface area contributed by atoms with E-state index >= 15 is 0 Å². The number of carbonyl (C=O) groups is 2. The van der Waals surface area contributed by atoms with Crippen molar-refractivity contribution < 1.29 is 9.59 Å². The molecule has 0 aliphatic carbocycles. The lowest BCUT2D eigenvalue weighted by Crippen LogP contribution is -2.44. The molecule has 1 fully saturated rings. The maximum absolute atomic E-state index is 12.6. The number of nitrogens with two attached hydrogens (primary N) is 1. The summed E-state index contributed by atoms with van der Waals surface area (Å²) in [4.78, 5) is 25.6. The Morgan fingerprint density at radius 3 is 2.71 bits per heavy atom. The van der Waals surface area contributed by atoms with E-state index in [0.717, 1.165) is 37.3 Å². The van der Waals surface area contributed by atoms with E-state index in [1.165, 1.54) is 0 Å². The minimum atomic E-state index is -0.316. The Kier molecular flexibility index (Phi) is 3.68. The van der Waals surface area contributed by atoms with E-state index in [1.54, 1.807) is 4.90 Å². The summed E-state index contributed by atoms with van der Waals surface area (Å²) in [6.45, 7) is 2.84. The van der Waals surface area contributed by atoms with E-state index in [-0.39, 0.29) is 17.7 Å². The van der Waals surface area contributed by atoms with E-state index in [1.807, 2.05) is 18.2 Å². The Labute approximate surface area is 123 Å². The van der Waals surface area contributed by atoms with Crippen LogP contribution in [0.2, 0.25) is 0 Å².